The normalized spacial score (nSPS) is 26.2. The van der Waals surface area contributed by atoms with Gasteiger partial charge in [0.15, 0.2) is 0 Å². The highest BCUT2D eigenvalue weighted by atomic mass is 35.5. The van der Waals surface area contributed by atoms with Gasteiger partial charge in [-0.2, -0.15) is 0 Å². The summed E-state index contributed by atoms with van der Waals surface area (Å²) in [5.41, 5.74) is 0.201. The largest absolute Gasteiger partial charge is 0.394 e. The van der Waals surface area contributed by atoms with Gasteiger partial charge in [0.2, 0.25) is 0 Å². The van der Waals surface area contributed by atoms with Crippen molar-refractivity contribution in [2.45, 2.75) is 25.0 Å². The standard InChI is InChI=1S/C20H25ClN4O2S/c1-20(14-26)13-24(19(27)15-2-4-16(21)5-3-15)11-17-10-23(7-8-25(17)20)12-18-22-6-9-28-18/h2-6,9,17,26H,7-8,10-14H2,1H3. The molecule has 2 saturated heterocycles. The van der Waals surface area contributed by atoms with Crippen LogP contribution in [0.4, 0.5) is 0 Å². The third kappa shape index (κ3) is 3.95. The van der Waals surface area contributed by atoms with E-state index in [1.54, 1.807) is 35.6 Å². The molecule has 2 aromatic rings. The van der Waals surface area contributed by atoms with Crippen molar-refractivity contribution in [2.24, 2.45) is 0 Å². The van der Waals surface area contributed by atoms with Gasteiger partial charge in [-0.05, 0) is 31.2 Å². The highest BCUT2D eigenvalue weighted by molar-refractivity contribution is 7.09. The van der Waals surface area contributed by atoms with Crippen LogP contribution < -0.4 is 0 Å². The predicted molar refractivity (Wildman–Crippen MR) is 111 cm³/mol. The van der Waals surface area contributed by atoms with Gasteiger partial charge in [0.25, 0.3) is 5.91 Å². The molecule has 2 aliphatic heterocycles. The molecule has 3 heterocycles. The molecule has 0 aliphatic carbocycles. The molecule has 2 aliphatic rings. The molecular weight excluding hydrogens is 396 g/mol. The fourth-order valence-corrected chi connectivity index (χ4v) is 5.13. The van der Waals surface area contributed by atoms with Crippen molar-refractivity contribution in [1.29, 1.82) is 0 Å². The van der Waals surface area contributed by atoms with Gasteiger partial charge in [0, 0.05) is 60.9 Å². The zero-order valence-electron chi connectivity index (χ0n) is 15.9. The molecule has 0 spiro atoms. The lowest BCUT2D eigenvalue weighted by Crippen LogP contribution is -2.72. The monoisotopic (exact) mass is 420 g/mol. The Hall–Kier alpha value is -1.51. The number of hydrogen-bond donors (Lipinski definition) is 1. The summed E-state index contributed by atoms with van der Waals surface area (Å²) in [6.45, 7) is 6.78. The predicted octanol–water partition coefficient (Wildman–Crippen LogP) is 2.19. The van der Waals surface area contributed by atoms with Gasteiger partial charge in [0.1, 0.15) is 5.01 Å². The average molecular weight is 421 g/mol. The number of nitrogens with zero attached hydrogens (tertiary/aromatic N) is 4. The Morgan fingerprint density at radius 2 is 2.11 bits per heavy atom. The Morgan fingerprint density at radius 3 is 2.79 bits per heavy atom. The van der Waals surface area contributed by atoms with Gasteiger partial charge in [-0.1, -0.05) is 11.6 Å². The van der Waals surface area contributed by atoms with E-state index < -0.39 is 5.54 Å². The molecule has 1 amide bonds. The lowest BCUT2D eigenvalue weighted by atomic mass is 9.91. The Kier molecular flexibility index (Phi) is 5.71. The van der Waals surface area contributed by atoms with Gasteiger partial charge in [-0.25, -0.2) is 4.98 Å². The van der Waals surface area contributed by atoms with Crippen LogP contribution in [0.1, 0.15) is 22.3 Å². The molecule has 1 N–H and O–H groups in total. The summed E-state index contributed by atoms with van der Waals surface area (Å²) in [5.74, 6) is -0.00645. The number of aliphatic hydroxyl groups excluding tert-OH is 1. The third-order valence-corrected chi connectivity index (χ3v) is 6.80. The number of carbonyl (C=O) groups is 1. The van der Waals surface area contributed by atoms with Crippen LogP contribution in [0.3, 0.4) is 0 Å². The van der Waals surface area contributed by atoms with E-state index in [1.165, 1.54) is 0 Å². The molecule has 2 unspecified atom stereocenters. The van der Waals surface area contributed by atoms with E-state index in [9.17, 15) is 9.90 Å². The minimum absolute atomic E-state index is 0.00645. The number of carbonyl (C=O) groups excluding carboxylic acids is 1. The van der Waals surface area contributed by atoms with Gasteiger partial charge in [-0.15, -0.1) is 11.3 Å². The highest BCUT2D eigenvalue weighted by Gasteiger charge is 2.46. The molecule has 6 nitrogen and oxygen atoms in total. The van der Waals surface area contributed by atoms with E-state index >= 15 is 0 Å². The minimum Gasteiger partial charge on any atom is -0.394 e. The fraction of sp³-hybridized carbons (Fsp3) is 0.500. The van der Waals surface area contributed by atoms with Crippen molar-refractivity contribution < 1.29 is 9.90 Å². The molecule has 2 fully saturated rings. The first kappa shape index (κ1) is 19.8. The smallest absolute Gasteiger partial charge is 0.253 e. The third-order valence-electron chi connectivity index (χ3n) is 5.78. The number of halogens is 1. The molecule has 28 heavy (non-hydrogen) atoms. The SMILES string of the molecule is CC1(CO)CN(C(=O)c2ccc(Cl)cc2)CC2CN(Cc3nccs3)CCN21. The summed E-state index contributed by atoms with van der Waals surface area (Å²) >= 11 is 7.63. The van der Waals surface area contributed by atoms with Crippen LogP contribution in [0.25, 0.3) is 0 Å². The Bertz CT molecular complexity index is 816. The quantitative estimate of drug-likeness (QED) is 0.821. The maximum atomic E-state index is 13.1. The second-order valence-electron chi connectivity index (χ2n) is 7.86. The molecule has 4 rings (SSSR count). The summed E-state index contributed by atoms with van der Waals surface area (Å²) in [5, 5.41) is 13.9. The number of hydrogen-bond acceptors (Lipinski definition) is 6. The van der Waals surface area contributed by atoms with Crippen molar-refractivity contribution >= 4 is 28.8 Å². The molecule has 2 atom stereocenters. The molecule has 150 valence electrons. The fourth-order valence-electron chi connectivity index (χ4n) is 4.34. The van der Waals surface area contributed by atoms with Gasteiger partial charge < -0.3 is 10.0 Å². The van der Waals surface area contributed by atoms with Crippen molar-refractivity contribution in [3.05, 3.63) is 51.4 Å². The number of amides is 1. The van der Waals surface area contributed by atoms with Gasteiger partial charge in [-0.3, -0.25) is 14.6 Å². The van der Waals surface area contributed by atoms with Crippen molar-refractivity contribution in [3.8, 4) is 0 Å². The first-order valence-electron chi connectivity index (χ1n) is 9.52. The van der Waals surface area contributed by atoms with Crippen LogP contribution in [0.15, 0.2) is 35.8 Å². The van der Waals surface area contributed by atoms with Crippen molar-refractivity contribution in [3.63, 3.8) is 0 Å². The van der Waals surface area contributed by atoms with Gasteiger partial charge >= 0.3 is 0 Å². The van der Waals surface area contributed by atoms with Gasteiger partial charge in [0.05, 0.1) is 18.7 Å². The Balaban J connectivity index is 1.51. The molecule has 0 bridgehead atoms. The number of aromatic nitrogens is 1. The van der Waals surface area contributed by atoms with Crippen LogP contribution in [-0.4, -0.2) is 81.6 Å². The first-order chi connectivity index (χ1) is 13.5. The van der Waals surface area contributed by atoms with Crippen LogP contribution in [0.2, 0.25) is 5.02 Å². The maximum Gasteiger partial charge on any atom is 0.253 e. The summed E-state index contributed by atoms with van der Waals surface area (Å²) in [4.78, 5) is 24.2. The van der Waals surface area contributed by atoms with E-state index in [4.69, 9.17) is 11.6 Å². The molecule has 1 aromatic heterocycles. The average Bonchev–Trinajstić information content (AvgIpc) is 3.20. The Morgan fingerprint density at radius 1 is 1.32 bits per heavy atom. The van der Waals surface area contributed by atoms with E-state index in [2.05, 4.69) is 21.7 Å². The van der Waals surface area contributed by atoms with Crippen molar-refractivity contribution in [1.82, 2.24) is 19.7 Å². The van der Waals surface area contributed by atoms with E-state index in [1.807, 2.05) is 16.5 Å². The summed E-state index contributed by atoms with van der Waals surface area (Å²) in [6, 6.07) is 7.21. The second kappa shape index (κ2) is 8.08. The summed E-state index contributed by atoms with van der Waals surface area (Å²) in [6.07, 6.45) is 1.84. The highest BCUT2D eigenvalue weighted by Crippen LogP contribution is 2.30. The zero-order chi connectivity index (χ0) is 19.7. The van der Waals surface area contributed by atoms with Crippen LogP contribution >= 0.6 is 22.9 Å². The van der Waals surface area contributed by atoms with Crippen LogP contribution in [-0.2, 0) is 6.54 Å². The number of aliphatic hydroxyl groups is 1. The Labute approximate surface area is 174 Å². The van der Waals surface area contributed by atoms with Crippen LogP contribution in [0, 0.1) is 0 Å². The molecular formula is C20H25ClN4O2S. The summed E-state index contributed by atoms with van der Waals surface area (Å²) < 4.78 is 0. The second-order valence-corrected chi connectivity index (χ2v) is 9.27. The first-order valence-corrected chi connectivity index (χ1v) is 10.8. The topological polar surface area (TPSA) is 59.9 Å². The zero-order valence-corrected chi connectivity index (χ0v) is 17.5. The maximum absolute atomic E-state index is 13.1. The molecule has 0 radical (unpaired) electrons. The van der Waals surface area contributed by atoms with E-state index in [-0.39, 0.29) is 18.6 Å². The minimum atomic E-state index is -0.432. The lowest BCUT2D eigenvalue weighted by Gasteiger charge is -2.56. The van der Waals surface area contributed by atoms with Crippen molar-refractivity contribution in [2.75, 3.05) is 39.3 Å². The molecule has 0 saturated carbocycles. The summed E-state index contributed by atoms with van der Waals surface area (Å²) in [7, 11) is 0. The molecule has 1 aromatic carbocycles. The van der Waals surface area contributed by atoms with E-state index in [0.29, 0.717) is 23.7 Å². The number of benzene rings is 1. The van der Waals surface area contributed by atoms with Crippen LogP contribution in [0.5, 0.6) is 0 Å². The number of rotatable bonds is 4. The lowest BCUT2D eigenvalue weighted by molar-refractivity contribution is -0.0846. The number of piperazine rings is 2. The van der Waals surface area contributed by atoms with E-state index in [0.717, 1.165) is 31.2 Å². The molecule has 8 heteroatoms. The number of fused-ring (bicyclic) bond motifs is 1. The number of thiazole rings is 1.